The second-order valence-corrected chi connectivity index (χ2v) is 19.9. The Morgan fingerprint density at radius 1 is 0.290 bits per heavy atom. The lowest BCUT2D eigenvalue weighted by molar-refractivity contribution is 0.670. The summed E-state index contributed by atoms with van der Waals surface area (Å²) in [7, 11) is 0. The van der Waals surface area contributed by atoms with E-state index in [-0.39, 0.29) is 0 Å². The first-order chi connectivity index (χ1) is 34.2. The minimum atomic E-state index is 0.624. The van der Waals surface area contributed by atoms with Crippen LogP contribution in [0, 0.1) is 0 Å². The Morgan fingerprint density at radius 3 is 1.62 bits per heavy atom. The van der Waals surface area contributed by atoms with Crippen LogP contribution in [0.25, 0.3) is 151 Å². The molecule has 0 spiro atoms. The van der Waals surface area contributed by atoms with Gasteiger partial charge in [-0.3, -0.25) is 0 Å². The van der Waals surface area contributed by atoms with Gasteiger partial charge in [-0.05, 0) is 91.5 Å². The van der Waals surface area contributed by atoms with Crippen molar-refractivity contribution in [2.45, 2.75) is 0 Å². The molecular formula is C63H35N3OS2. The van der Waals surface area contributed by atoms with Crippen molar-refractivity contribution in [3.8, 4) is 56.4 Å². The Bertz CT molecular complexity index is 4640. The molecule has 320 valence electrons. The van der Waals surface area contributed by atoms with Crippen LogP contribution in [-0.2, 0) is 0 Å². The van der Waals surface area contributed by atoms with Crippen LogP contribution in [0.2, 0.25) is 0 Å². The summed E-state index contributed by atoms with van der Waals surface area (Å²) in [6.45, 7) is 0. The summed E-state index contributed by atoms with van der Waals surface area (Å²) in [6.07, 6.45) is 0. The van der Waals surface area contributed by atoms with E-state index < -0.39 is 0 Å². The van der Waals surface area contributed by atoms with Crippen molar-refractivity contribution < 1.29 is 4.42 Å². The molecule has 0 fully saturated rings. The van der Waals surface area contributed by atoms with Crippen molar-refractivity contribution in [1.29, 1.82) is 0 Å². The summed E-state index contributed by atoms with van der Waals surface area (Å²) < 4.78 is 11.9. The second kappa shape index (κ2) is 15.0. The van der Waals surface area contributed by atoms with Crippen LogP contribution in [0.4, 0.5) is 0 Å². The van der Waals surface area contributed by atoms with Crippen molar-refractivity contribution >= 4 is 117 Å². The average Bonchev–Trinajstić information content (AvgIpc) is 4.12. The zero-order valence-electron chi connectivity index (χ0n) is 36.8. The smallest absolute Gasteiger partial charge is 0.165 e. The van der Waals surface area contributed by atoms with E-state index >= 15 is 0 Å². The molecule has 4 aromatic heterocycles. The normalized spacial score (nSPS) is 12.1. The van der Waals surface area contributed by atoms with Gasteiger partial charge in [-0.25, -0.2) is 15.0 Å². The number of aromatic nitrogens is 3. The van der Waals surface area contributed by atoms with Gasteiger partial charge in [-0.15, -0.1) is 22.7 Å². The lowest BCUT2D eigenvalue weighted by Gasteiger charge is -2.15. The quantitative estimate of drug-likeness (QED) is 0.161. The number of hydrogen-bond acceptors (Lipinski definition) is 6. The van der Waals surface area contributed by atoms with Gasteiger partial charge in [0, 0.05) is 73.4 Å². The number of furan rings is 1. The molecule has 11 aromatic carbocycles. The van der Waals surface area contributed by atoms with E-state index in [4.69, 9.17) is 19.4 Å². The van der Waals surface area contributed by atoms with Gasteiger partial charge in [0.1, 0.15) is 11.2 Å². The van der Waals surface area contributed by atoms with E-state index in [1.54, 1.807) is 11.3 Å². The molecule has 0 saturated heterocycles. The monoisotopic (exact) mass is 913 g/mol. The van der Waals surface area contributed by atoms with Crippen LogP contribution in [0.5, 0.6) is 0 Å². The zero-order chi connectivity index (χ0) is 45.2. The highest BCUT2D eigenvalue weighted by Gasteiger charge is 2.23. The van der Waals surface area contributed by atoms with E-state index in [2.05, 4.69) is 212 Å². The SMILES string of the molecule is c1ccc2c(c1)cc(-c1nc(-c3cccc4c(-c5ccc(-c6cccc7sc8ccccc8c67)c6oc7ccccc7c56)cccc34)nc(-c3cccc4c3sc3ccccc34)n1)c1ccccc12. The third-order valence-corrected chi connectivity index (χ3v) is 16.3. The summed E-state index contributed by atoms with van der Waals surface area (Å²) in [5.41, 5.74) is 9.13. The summed E-state index contributed by atoms with van der Waals surface area (Å²) >= 11 is 3.63. The van der Waals surface area contributed by atoms with E-state index in [9.17, 15) is 0 Å². The number of nitrogens with zero attached hydrogens (tertiary/aromatic N) is 3. The lowest BCUT2D eigenvalue weighted by atomic mass is 9.90. The van der Waals surface area contributed by atoms with Gasteiger partial charge in [0.15, 0.2) is 17.5 Å². The fraction of sp³-hybridized carbons (Fsp3) is 0. The van der Waals surface area contributed by atoms with Gasteiger partial charge < -0.3 is 4.42 Å². The Kier molecular flexibility index (Phi) is 8.37. The number of thiophene rings is 2. The molecule has 69 heavy (non-hydrogen) atoms. The topological polar surface area (TPSA) is 51.8 Å². The molecule has 4 heterocycles. The van der Waals surface area contributed by atoms with Gasteiger partial charge in [0.2, 0.25) is 0 Å². The number of fused-ring (bicyclic) bond motifs is 13. The Hall–Kier alpha value is -8.55. The highest BCUT2D eigenvalue weighted by molar-refractivity contribution is 7.26. The van der Waals surface area contributed by atoms with Crippen molar-refractivity contribution in [3.63, 3.8) is 0 Å². The maximum Gasteiger partial charge on any atom is 0.165 e. The first-order valence-electron chi connectivity index (χ1n) is 23.2. The molecule has 0 aliphatic carbocycles. The van der Waals surface area contributed by atoms with Crippen molar-refractivity contribution in [2.24, 2.45) is 0 Å². The van der Waals surface area contributed by atoms with Crippen molar-refractivity contribution in [3.05, 3.63) is 212 Å². The molecule has 15 rings (SSSR count). The van der Waals surface area contributed by atoms with Gasteiger partial charge >= 0.3 is 0 Å². The number of para-hydroxylation sites is 1. The summed E-state index contributed by atoms with van der Waals surface area (Å²) in [5.74, 6) is 1.91. The molecule has 0 radical (unpaired) electrons. The number of hydrogen-bond donors (Lipinski definition) is 0. The molecule has 0 N–H and O–H groups in total. The summed E-state index contributed by atoms with van der Waals surface area (Å²) in [6, 6.07) is 76.0. The Labute approximate surface area is 403 Å². The van der Waals surface area contributed by atoms with Crippen LogP contribution < -0.4 is 0 Å². The highest BCUT2D eigenvalue weighted by atomic mass is 32.1. The maximum absolute atomic E-state index is 6.94. The molecule has 0 atom stereocenters. The molecule has 0 bridgehead atoms. The van der Waals surface area contributed by atoms with E-state index in [1.165, 1.54) is 52.0 Å². The standard InChI is InChI=1S/C63H35N3OS2/c1-2-16-37-36(15-1)35-52(42-18-4-3-17-38(37)42)63-65-61(64-62(66-63)51-28-13-26-47-43-19-6-9-30-54(43)69-60(47)51)48-27-12-22-39-40(23-11-24-41(39)48)45-33-34-46(59-58(45)49-20-5-8-29-53(49)67-59)44-25-14-32-56-57(44)50-21-7-10-31-55(50)68-56/h1-35H. The van der Waals surface area contributed by atoms with Gasteiger partial charge in [-0.1, -0.05) is 170 Å². The molecule has 0 saturated carbocycles. The van der Waals surface area contributed by atoms with Gasteiger partial charge in [0.25, 0.3) is 0 Å². The molecule has 6 heteroatoms. The third kappa shape index (κ3) is 5.83. The number of rotatable bonds is 5. The average molecular weight is 914 g/mol. The first-order valence-corrected chi connectivity index (χ1v) is 24.8. The molecule has 4 nitrogen and oxygen atoms in total. The number of benzene rings is 11. The highest BCUT2D eigenvalue weighted by Crippen LogP contribution is 2.48. The minimum Gasteiger partial charge on any atom is -0.455 e. The fourth-order valence-corrected chi connectivity index (χ4v) is 13.2. The van der Waals surface area contributed by atoms with Crippen molar-refractivity contribution in [1.82, 2.24) is 15.0 Å². The van der Waals surface area contributed by atoms with Crippen LogP contribution in [0.15, 0.2) is 217 Å². The van der Waals surface area contributed by atoms with E-state index in [1.807, 2.05) is 11.3 Å². The third-order valence-electron chi connectivity index (χ3n) is 14.0. The fourth-order valence-electron chi connectivity index (χ4n) is 10.9. The summed E-state index contributed by atoms with van der Waals surface area (Å²) in [5, 5.41) is 13.9. The molecule has 0 amide bonds. The first kappa shape index (κ1) is 38.5. The molecule has 0 aliphatic rings. The van der Waals surface area contributed by atoms with Crippen LogP contribution in [-0.4, -0.2) is 15.0 Å². The van der Waals surface area contributed by atoms with Crippen molar-refractivity contribution in [2.75, 3.05) is 0 Å². The Balaban J connectivity index is 0.975. The molecule has 0 aliphatic heterocycles. The maximum atomic E-state index is 6.94. The minimum absolute atomic E-state index is 0.624. The largest absolute Gasteiger partial charge is 0.455 e. The lowest BCUT2D eigenvalue weighted by Crippen LogP contribution is -2.01. The molecular weight excluding hydrogens is 879 g/mol. The van der Waals surface area contributed by atoms with E-state index in [0.717, 1.165) is 81.6 Å². The second-order valence-electron chi connectivity index (χ2n) is 17.7. The van der Waals surface area contributed by atoms with Crippen LogP contribution in [0.1, 0.15) is 0 Å². The van der Waals surface area contributed by atoms with Crippen LogP contribution >= 0.6 is 22.7 Å². The van der Waals surface area contributed by atoms with E-state index in [0.29, 0.717) is 17.5 Å². The van der Waals surface area contributed by atoms with Gasteiger partial charge in [-0.2, -0.15) is 0 Å². The molecule has 0 unspecified atom stereocenters. The van der Waals surface area contributed by atoms with Crippen LogP contribution in [0.3, 0.4) is 0 Å². The predicted octanol–water partition coefficient (Wildman–Crippen LogP) is 18.3. The van der Waals surface area contributed by atoms with Gasteiger partial charge in [0.05, 0.1) is 0 Å². The Morgan fingerprint density at radius 2 is 0.797 bits per heavy atom. The summed E-state index contributed by atoms with van der Waals surface area (Å²) in [4.78, 5) is 16.3. The zero-order valence-corrected chi connectivity index (χ0v) is 38.4. The predicted molar refractivity (Wildman–Crippen MR) is 293 cm³/mol. The molecule has 15 aromatic rings.